The third-order valence-electron chi connectivity index (χ3n) is 5.90. The van der Waals surface area contributed by atoms with Gasteiger partial charge in [0, 0.05) is 55.0 Å². The molecule has 1 aliphatic carbocycles. The first kappa shape index (κ1) is 17.6. The minimum Gasteiger partial charge on any atom is -0.464 e. The van der Waals surface area contributed by atoms with Crippen LogP contribution in [-0.2, 0) is 19.5 Å². The highest BCUT2D eigenvalue weighted by molar-refractivity contribution is 5.77. The van der Waals surface area contributed by atoms with E-state index in [1.165, 1.54) is 24.1 Å². The van der Waals surface area contributed by atoms with Gasteiger partial charge in [0.2, 0.25) is 0 Å². The van der Waals surface area contributed by atoms with Crippen LogP contribution in [0.15, 0.2) is 39.9 Å². The van der Waals surface area contributed by atoms with E-state index in [0.29, 0.717) is 34.9 Å². The molecule has 0 unspecified atom stereocenters. The van der Waals surface area contributed by atoms with Gasteiger partial charge in [0.1, 0.15) is 11.4 Å². The van der Waals surface area contributed by atoms with Gasteiger partial charge in [0.15, 0.2) is 5.43 Å². The number of hydrogen-bond donors (Lipinski definition) is 0. The molecule has 5 heteroatoms. The normalized spacial score (nSPS) is 17.2. The Kier molecular flexibility index (Phi) is 4.27. The topological polar surface area (TPSA) is 59.2 Å². The third kappa shape index (κ3) is 3.24. The van der Waals surface area contributed by atoms with Crippen molar-refractivity contribution < 1.29 is 4.42 Å². The summed E-state index contributed by atoms with van der Waals surface area (Å²) < 4.78 is 5.77. The summed E-state index contributed by atoms with van der Waals surface area (Å²) in [6.07, 6.45) is 6.97. The Balaban J connectivity index is 1.39. The molecule has 0 amide bonds. The van der Waals surface area contributed by atoms with Crippen LogP contribution in [0.5, 0.6) is 0 Å². The van der Waals surface area contributed by atoms with Gasteiger partial charge in [-0.1, -0.05) is 19.9 Å². The Morgan fingerprint density at radius 3 is 2.93 bits per heavy atom. The lowest BCUT2D eigenvalue weighted by molar-refractivity contribution is 0.240. The Labute approximate surface area is 164 Å². The molecule has 2 aliphatic rings. The van der Waals surface area contributed by atoms with Crippen LogP contribution in [0.1, 0.15) is 66.7 Å². The summed E-state index contributed by atoms with van der Waals surface area (Å²) in [6.45, 7) is 6.54. The predicted molar refractivity (Wildman–Crippen MR) is 108 cm³/mol. The largest absolute Gasteiger partial charge is 0.464 e. The van der Waals surface area contributed by atoms with E-state index in [1.807, 2.05) is 24.4 Å². The van der Waals surface area contributed by atoms with Crippen molar-refractivity contribution >= 4 is 11.0 Å². The van der Waals surface area contributed by atoms with Gasteiger partial charge in [-0.3, -0.25) is 9.69 Å². The molecule has 1 aliphatic heterocycles. The number of nitrogens with zero attached hydrogens (tertiary/aromatic N) is 3. The highest BCUT2D eigenvalue weighted by Gasteiger charge is 2.28. The van der Waals surface area contributed by atoms with Crippen LogP contribution in [0.2, 0.25) is 0 Å². The van der Waals surface area contributed by atoms with E-state index < -0.39 is 0 Å². The summed E-state index contributed by atoms with van der Waals surface area (Å²) in [4.78, 5) is 24.7. The number of benzene rings is 1. The molecule has 0 saturated heterocycles. The van der Waals surface area contributed by atoms with Crippen molar-refractivity contribution in [2.24, 2.45) is 0 Å². The second-order valence-corrected chi connectivity index (χ2v) is 8.44. The molecule has 144 valence electrons. The predicted octanol–water partition coefficient (Wildman–Crippen LogP) is 4.14. The van der Waals surface area contributed by atoms with Crippen molar-refractivity contribution in [1.82, 2.24) is 14.9 Å². The van der Waals surface area contributed by atoms with Crippen LogP contribution in [0.25, 0.3) is 11.0 Å². The van der Waals surface area contributed by atoms with Crippen molar-refractivity contribution in [3.05, 3.63) is 69.1 Å². The van der Waals surface area contributed by atoms with Crippen LogP contribution in [0.4, 0.5) is 0 Å². The molecule has 5 rings (SSSR count). The van der Waals surface area contributed by atoms with Crippen molar-refractivity contribution in [2.45, 2.75) is 58.0 Å². The van der Waals surface area contributed by atoms with Gasteiger partial charge in [-0.15, -0.1) is 0 Å². The smallest absolute Gasteiger partial charge is 0.197 e. The summed E-state index contributed by atoms with van der Waals surface area (Å²) in [5.74, 6) is 1.98. The first-order valence-electron chi connectivity index (χ1n) is 10.2. The molecule has 3 aromatic rings. The molecule has 0 bridgehead atoms. The molecule has 5 nitrogen and oxygen atoms in total. The fraction of sp³-hybridized carbons (Fsp3) is 0.435. The highest BCUT2D eigenvalue weighted by Crippen LogP contribution is 2.38. The van der Waals surface area contributed by atoms with Crippen LogP contribution in [0, 0.1) is 0 Å². The van der Waals surface area contributed by atoms with E-state index in [2.05, 4.69) is 23.7 Å². The van der Waals surface area contributed by atoms with Gasteiger partial charge in [0.05, 0.1) is 11.6 Å². The van der Waals surface area contributed by atoms with Crippen molar-refractivity contribution in [3.8, 4) is 0 Å². The highest BCUT2D eigenvalue weighted by atomic mass is 16.3. The average molecular weight is 375 g/mol. The second-order valence-electron chi connectivity index (χ2n) is 8.44. The number of hydrogen-bond acceptors (Lipinski definition) is 5. The monoisotopic (exact) mass is 375 g/mol. The zero-order valence-corrected chi connectivity index (χ0v) is 16.4. The van der Waals surface area contributed by atoms with Gasteiger partial charge in [-0.05, 0) is 36.5 Å². The zero-order chi connectivity index (χ0) is 19.3. The SMILES string of the molecule is CC(C)c1ccc2occ(CN3CCc4nc(C5CC5)ncc4C3)c(=O)c2c1. The molecule has 1 saturated carbocycles. The maximum absolute atomic E-state index is 13.0. The second kappa shape index (κ2) is 6.82. The molecular weight excluding hydrogens is 350 g/mol. The van der Waals surface area contributed by atoms with Gasteiger partial charge >= 0.3 is 0 Å². The zero-order valence-electron chi connectivity index (χ0n) is 16.4. The number of aromatic nitrogens is 2. The van der Waals surface area contributed by atoms with E-state index in [-0.39, 0.29) is 5.43 Å². The Morgan fingerprint density at radius 2 is 2.14 bits per heavy atom. The van der Waals surface area contributed by atoms with Gasteiger partial charge in [-0.25, -0.2) is 9.97 Å². The van der Waals surface area contributed by atoms with Crippen LogP contribution in [0.3, 0.4) is 0 Å². The van der Waals surface area contributed by atoms with Crippen molar-refractivity contribution in [3.63, 3.8) is 0 Å². The minimum absolute atomic E-state index is 0.0786. The van der Waals surface area contributed by atoms with E-state index in [1.54, 1.807) is 6.26 Å². The summed E-state index contributed by atoms with van der Waals surface area (Å²) in [7, 11) is 0. The van der Waals surface area contributed by atoms with E-state index in [0.717, 1.165) is 30.9 Å². The maximum atomic E-state index is 13.0. The van der Waals surface area contributed by atoms with Gasteiger partial charge in [-0.2, -0.15) is 0 Å². The molecule has 1 aromatic carbocycles. The third-order valence-corrected chi connectivity index (χ3v) is 5.90. The number of rotatable bonds is 4. The molecule has 0 spiro atoms. The molecule has 0 atom stereocenters. The van der Waals surface area contributed by atoms with Crippen LogP contribution < -0.4 is 5.43 Å². The molecule has 0 N–H and O–H groups in total. The molecule has 2 aromatic heterocycles. The minimum atomic E-state index is 0.0786. The first-order valence-corrected chi connectivity index (χ1v) is 10.2. The maximum Gasteiger partial charge on any atom is 0.197 e. The quantitative estimate of drug-likeness (QED) is 0.686. The lowest BCUT2D eigenvalue weighted by Gasteiger charge is -2.27. The molecule has 28 heavy (non-hydrogen) atoms. The Morgan fingerprint density at radius 1 is 1.29 bits per heavy atom. The van der Waals surface area contributed by atoms with Gasteiger partial charge < -0.3 is 4.42 Å². The lowest BCUT2D eigenvalue weighted by Crippen LogP contribution is -2.32. The van der Waals surface area contributed by atoms with E-state index in [9.17, 15) is 4.79 Å². The number of fused-ring (bicyclic) bond motifs is 2. The fourth-order valence-electron chi connectivity index (χ4n) is 3.96. The standard InChI is InChI=1S/C23H25N3O2/c1-14(2)16-5-6-21-19(9-16)22(27)18(13-28-21)12-26-8-7-20-17(11-26)10-24-23(25-20)15-3-4-15/h5-6,9-10,13-15H,3-4,7-8,11-12H2,1-2H3. The van der Waals surface area contributed by atoms with Crippen molar-refractivity contribution in [2.75, 3.05) is 6.54 Å². The fourth-order valence-corrected chi connectivity index (χ4v) is 3.96. The van der Waals surface area contributed by atoms with Gasteiger partial charge in [0.25, 0.3) is 0 Å². The summed E-state index contributed by atoms with van der Waals surface area (Å²) >= 11 is 0. The Bertz CT molecular complexity index is 1100. The first-order chi connectivity index (χ1) is 13.6. The molecule has 1 fully saturated rings. The summed E-state index contributed by atoms with van der Waals surface area (Å²) in [5.41, 5.74) is 4.97. The molecular formula is C23H25N3O2. The van der Waals surface area contributed by atoms with Crippen LogP contribution >= 0.6 is 0 Å². The average Bonchev–Trinajstić information content (AvgIpc) is 3.55. The van der Waals surface area contributed by atoms with E-state index in [4.69, 9.17) is 9.40 Å². The van der Waals surface area contributed by atoms with E-state index >= 15 is 0 Å². The molecule has 3 heterocycles. The molecule has 0 radical (unpaired) electrons. The van der Waals surface area contributed by atoms with Crippen molar-refractivity contribution in [1.29, 1.82) is 0 Å². The summed E-state index contributed by atoms with van der Waals surface area (Å²) in [6, 6.07) is 5.92. The van der Waals surface area contributed by atoms with Crippen LogP contribution in [-0.4, -0.2) is 21.4 Å². The Hall–Kier alpha value is -2.53. The lowest BCUT2D eigenvalue weighted by atomic mass is 10.0. The summed E-state index contributed by atoms with van der Waals surface area (Å²) in [5, 5.41) is 0.679.